The van der Waals surface area contributed by atoms with Gasteiger partial charge < -0.3 is 4.90 Å². The first-order valence-electron chi connectivity index (χ1n) is 11.1. The molecule has 8 heteroatoms. The summed E-state index contributed by atoms with van der Waals surface area (Å²) < 4.78 is 3.44. The fourth-order valence-corrected chi connectivity index (χ4v) is 4.21. The molecule has 0 aliphatic rings. The molecule has 1 atom stereocenters. The first kappa shape index (κ1) is 21.5. The predicted molar refractivity (Wildman–Crippen MR) is 131 cm³/mol. The quantitative estimate of drug-likeness (QED) is 0.397. The van der Waals surface area contributed by atoms with Crippen LogP contribution in [0, 0.1) is 6.92 Å². The van der Waals surface area contributed by atoms with Gasteiger partial charge in [0.1, 0.15) is 12.7 Å². The SMILES string of the molecule is Cc1nn(C)c2nc(-c3ccccc3)cc(C(=O)N(C)[C@@H](C)c3ccc(-n4cncn4)cc3)c12. The first-order valence-corrected chi connectivity index (χ1v) is 11.1. The highest BCUT2D eigenvalue weighted by molar-refractivity contribution is 6.07. The minimum absolute atomic E-state index is 0.0754. The Bertz CT molecular complexity index is 1460. The van der Waals surface area contributed by atoms with Gasteiger partial charge in [0.2, 0.25) is 0 Å². The summed E-state index contributed by atoms with van der Waals surface area (Å²) in [5, 5.41) is 9.48. The third-order valence-electron chi connectivity index (χ3n) is 6.23. The summed E-state index contributed by atoms with van der Waals surface area (Å²) in [6, 6.07) is 19.6. The molecule has 0 saturated carbocycles. The molecule has 3 aromatic heterocycles. The maximum atomic E-state index is 13.8. The van der Waals surface area contributed by atoms with E-state index in [1.54, 1.807) is 20.6 Å². The van der Waals surface area contributed by atoms with Crippen molar-refractivity contribution in [3.8, 4) is 16.9 Å². The predicted octanol–water partition coefficient (Wildman–Crippen LogP) is 4.36. The third kappa shape index (κ3) is 3.73. The van der Waals surface area contributed by atoms with Crippen LogP contribution in [0.15, 0.2) is 73.3 Å². The van der Waals surface area contributed by atoms with Crippen LogP contribution in [0.2, 0.25) is 0 Å². The summed E-state index contributed by atoms with van der Waals surface area (Å²) in [7, 11) is 3.69. The van der Waals surface area contributed by atoms with E-state index in [9.17, 15) is 4.79 Å². The Labute approximate surface area is 197 Å². The highest BCUT2D eigenvalue weighted by atomic mass is 16.2. The molecule has 2 aromatic carbocycles. The van der Waals surface area contributed by atoms with Crippen molar-refractivity contribution in [3.05, 3.63) is 90.1 Å². The number of aromatic nitrogens is 6. The molecule has 170 valence electrons. The molecule has 34 heavy (non-hydrogen) atoms. The molecule has 1 amide bonds. The summed E-state index contributed by atoms with van der Waals surface area (Å²) in [6.45, 7) is 3.93. The van der Waals surface area contributed by atoms with E-state index in [0.29, 0.717) is 11.2 Å². The summed E-state index contributed by atoms with van der Waals surface area (Å²) in [6.07, 6.45) is 3.16. The Morgan fingerprint density at radius 3 is 2.47 bits per heavy atom. The molecule has 8 nitrogen and oxygen atoms in total. The number of carbonyl (C=O) groups is 1. The summed E-state index contributed by atoms with van der Waals surface area (Å²) in [4.78, 5) is 24.4. The summed E-state index contributed by atoms with van der Waals surface area (Å²) in [5.41, 5.74) is 5.72. The van der Waals surface area contributed by atoms with E-state index >= 15 is 0 Å². The lowest BCUT2D eigenvalue weighted by atomic mass is 10.0. The van der Waals surface area contributed by atoms with Gasteiger partial charge in [0, 0.05) is 19.7 Å². The van der Waals surface area contributed by atoms with E-state index in [-0.39, 0.29) is 11.9 Å². The van der Waals surface area contributed by atoms with Crippen LogP contribution in [-0.2, 0) is 7.05 Å². The van der Waals surface area contributed by atoms with Crippen LogP contribution in [0.5, 0.6) is 0 Å². The minimum Gasteiger partial charge on any atom is -0.335 e. The number of aryl methyl sites for hydroxylation is 2. The second-order valence-corrected chi connectivity index (χ2v) is 8.35. The zero-order valence-corrected chi connectivity index (χ0v) is 19.5. The number of nitrogens with zero attached hydrogens (tertiary/aromatic N) is 7. The van der Waals surface area contributed by atoms with Gasteiger partial charge in [-0.2, -0.15) is 10.2 Å². The average molecular weight is 452 g/mol. The molecule has 0 spiro atoms. The fraction of sp³-hybridized carbons (Fsp3) is 0.192. The van der Waals surface area contributed by atoms with Crippen LogP contribution in [-0.4, -0.2) is 47.4 Å². The van der Waals surface area contributed by atoms with Crippen molar-refractivity contribution in [2.75, 3.05) is 7.05 Å². The number of hydrogen-bond donors (Lipinski definition) is 0. The summed E-state index contributed by atoms with van der Waals surface area (Å²) in [5.74, 6) is -0.0754. The molecule has 5 rings (SSSR count). The molecule has 0 unspecified atom stereocenters. The Hall–Kier alpha value is -4.33. The van der Waals surface area contributed by atoms with E-state index in [2.05, 4.69) is 15.2 Å². The van der Waals surface area contributed by atoms with Crippen molar-refractivity contribution in [3.63, 3.8) is 0 Å². The normalized spacial score (nSPS) is 12.1. The van der Waals surface area contributed by atoms with Crippen molar-refractivity contribution in [1.29, 1.82) is 0 Å². The molecule has 0 fully saturated rings. The smallest absolute Gasteiger partial charge is 0.254 e. The maximum Gasteiger partial charge on any atom is 0.254 e. The fourth-order valence-electron chi connectivity index (χ4n) is 4.21. The number of hydrogen-bond acceptors (Lipinski definition) is 5. The second kappa shape index (κ2) is 8.55. The maximum absolute atomic E-state index is 13.8. The Kier molecular flexibility index (Phi) is 5.41. The van der Waals surface area contributed by atoms with Crippen LogP contribution in [0.25, 0.3) is 28.0 Å². The van der Waals surface area contributed by atoms with Gasteiger partial charge in [0.05, 0.1) is 34.1 Å². The van der Waals surface area contributed by atoms with Crippen LogP contribution in [0.4, 0.5) is 0 Å². The molecule has 0 saturated heterocycles. The zero-order valence-electron chi connectivity index (χ0n) is 19.5. The van der Waals surface area contributed by atoms with Crippen LogP contribution < -0.4 is 0 Å². The molecule has 0 bridgehead atoms. The van der Waals surface area contributed by atoms with Gasteiger partial charge in [-0.15, -0.1) is 0 Å². The van der Waals surface area contributed by atoms with Crippen molar-refractivity contribution >= 4 is 16.9 Å². The van der Waals surface area contributed by atoms with Crippen molar-refractivity contribution < 1.29 is 4.79 Å². The Balaban J connectivity index is 1.52. The highest BCUT2D eigenvalue weighted by Gasteiger charge is 2.25. The van der Waals surface area contributed by atoms with Gasteiger partial charge >= 0.3 is 0 Å². The number of amides is 1. The van der Waals surface area contributed by atoms with E-state index in [4.69, 9.17) is 4.98 Å². The van der Waals surface area contributed by atoms with Crippen LogP contribution in [0.3, 0.4) is 0 Å². The molecular weight excluding hydrogens is 426 g/mol. The van der Waals surface area contributed by atoms with Crippen LogP contribution >= 0.6 is 0 Å². The van der Waals surface area contributed by atoms with Crippen LogP contribution in [0.1, 0.15) is 34.6 Å². The topological polar surface area (TPSA) is 81.7 Å². The van der Waals surface area contributed by atoms with Gasteiger partial charge in [-0.05, 0) is 37.6 Å². The molecule has 0 aliphatic carbocycles. The van der Waals surface area contributed by atoms with Crippen molar-refractivity contribution in [1.82, 2.24) is 34.4 Å². The van der Waals surface area contributed by atoms with E-state index in [0.717, 1.165) is 33.6 Å². The second-order valence-electron chi connectivity index (χ2n) is 8.35. The number of benzene rings is 2. The first-order chi connectivity index (χ1) is 16.4. The van der Waals surface area contributed by atoms with E-state index < -0.39 is 0 Å². The molecule has 5 aromatic rings. The Morgan fingerprint density at radius 1 is 1.06 bits per heavy atom. The number of rotatable bonds is 5. The lowest BCUT2D eigenvalue weighted by molar-refractivity contribution is 0.0744. The molecular formula is C26H25N7O. The number of pyridine rings is 1. The zero-order chi connectivity index (χ0) is 23.8. The number of fused-ring (bicyclic) bond motifs is 1. The molecule has 0 aliphatic heterocycles. The van der Waals surface area contributed by atoms with Gasteiger partial charge in [-0.25, -0.2) is 14.6 Å². The lowest BCUT2D eigenvalue weighted by Gasteiger charge is -2.26. The standard InChI is InChI=1S/C26H25N7O/c1-17-24-22(14-23(20-8-6-5-7-9-20)29-25(24)32(4)30-17)26(34)31(3)18(2)19-10-12-21(13-11-19)33-16-27-15-28-33/h5-16,18H,1-4H3/t18-/m0/s1. The minimum atomic E-state index is -0.141. The largest absolute Gasteiger partial charge is 0.335 e. The monoisotopic (exact) mass is 451 g/mol. The molecule has 3 heterocycles. The van der Waals surface area contributed by atoms with Gasteiger partial charge in [-0.1, -0.05) is 42.5 Å². The lowest BCUT2D eigenvalue weighted by Crippen LogP contribution is -2.30. The Morgan fingerprint density at radius 2 is 1.79 bits per heavy atom. The van der Waals surface area contributed by atoms with Gasteiger partial charge in [0.15, 0.2) is 5.65 Å². The molecule has 0 radical (unpaired) electrons. The third-order valence-corrected chi connectivity index (χ3v) is 6.23. The highest BCUT2D eigenvalue weighted by Crippen LogP contribution is 2.30. The van der Waals surface area contributed by atoms with Crippen molar-refractivity contribution in [2.24, 2.45) is 7.05 Å². The van der Waals surface area contributed by atoms with Crippen molar-refractivity contribution in [2.45, 2.75) is 19.9 Å². The van der Waals surface area contributed by atoms with E-state index in [1.165, 1.54) is 6.33 Å². The molecule has 0 N–H and O–H groups in total. The van der Waals surface area contributed by atoms with Gasteiger partial charge in [-0.3, -0.25) is 9.48 Å². The number of carbonyl (C=O) groups excluding carboxylic acids is 1. The van der Waals surface area contributed by atoms with E-state index in [1.807, 2.05) is 88.6 Å². The van der Waals surface area contributed by atoms with Gasteiger partial charge in [0.25, 0.3) is 5.91 Å². The summed E-state index contributed by atoms with van der Waals surface area (Å²) >= 11 is 0. The average Bonchev–Trinajstić information content (AvgIpc) is 3.51.